The van der Waals surface area contributed by atoms with Gasteiger partial charge in [-0.3, -0.25) is 4.79 Å². The summed E-state index contributed by atoms with van der Waals surface area (Å²) in [6, 6.07) is 4.15. The molecular formula is C12H5ClF3NO. The van der Waals surface area contributed by atoms with Crippen molar-refractivity contribution in [2.75, 3.05) is 0 Å². The highest BCUT2D eigenvalue weighted by molar-refractivity contribution is 6.30. The van der Waals surface area contributed by atoms with Crippen molar-refractivity contribution in [3.63, 3.8) is 0 Å². The first-order valence-electron chi connectivity index (χ1n) is 4.81. The Kier molecular flexibility index (Phi) is 3.34. The molecule has 0 spiro atoms. The molecule has 92 valence electrons. The Labute approximate surface area is 105 Å². The lowest BCUT2D eigenvalue weighted by Gasteiger charge is -2.05. The first kappa shape index (κ1) is 12.6. The summed E-state index contributed by atoms with van der Waals surface area (Å²) in [6.45, 7) is 0. The molecule has 0 saturated heterocycles. The van der Waals surface area contributed by atoms with E-state index in [-0.39, 0.29) is 5.56 Å². The molecule has 0 amide bonds. The van der Waals surface area contributed by atoms with E-state index in [9.17, 15) is 18.0 Å². The van der Waals surface area contributed by atoms with Gasteiger partial charge in [0.25, 0.3) is 0 Å². The van der Waals surface area contributed by atoms with Crippen LogP contribution in [0, 0.1) is 11.6 Å². The minimum absolute atomic E-state index is 0.193. The SMILES string of the molecule is O=C(F)c1cc(F)c(F)c(-c2ccc(Cl)cc2)n1. The van der Waals surface area contributed by atoms with Gasteiger partial charge in [0.1, 0.15) is 11.4 Å². The summed E-state index contributed by atoms with van der Waals surface area (Å²) in [5, 5.41) is 0.400. The zero-order valence-electron chi connectivity index (χ0n) is 8.75. The molecule has 0 atom stereocenters. The molecule has 0 aliphatic heterocycles. The van der Waals surface area contributed by atoms with Crippen molar-refractivity contribution < 1.29 is 18.0 Å². The maximum Gasteiger partial charge on any atom is 0.350 e. The zero-order chi connectivity index (χ0) is 13.3. The molecule has 0 aliphatic carbocycles. The van der Waals surface area contributed by atoms with Gasteiger partial charge in [-0.15, -0.1) is 0 Å². The topological polar surface area (TPSA) is 30.0 Å². The Bertz CT molecular complexity index is 613. The third-order valence-electron chi connectivity index (χ3n) is 2.23. The van der Waals surface area contributed by atoms with Crippen LogP contribution in [0.5, 0.6) is 0 Å². The van der Waals surface area contributed by atoms with Crippen LogP contribution in [-0.4, -0.2) is 11.0 Å². The predicted octanol–water partition coefficient (Wildman–Crippen LogP) is 3.79. The van der Waals surface area contributed by atoms with Crippen molar-refractivity contribution in [1.29, 1.82) is 0 Å². The maximum atomic E-state index is 13.5. The molecule has 2 aromatic rings. The van der Waals surface area contributed by atoms with Crippen LogP contribution in [0.4, 0.5) is 13.2 Å². The molecule has 0 unspecified atom stereocenters. The fraction of sp³-hybridized carbons (Fsp3) is 0. The smallest absolute Gasteiger partial charge is 0.254 e. The van der Waals surface area contributed by atoms with E-state index < -0.39 is 29.1 Å². The summed E-state index contributed by atoms with van der Waals surface area (Å²) in [4.78, 5) is 14.0. The third kappa shape index (κ3) is 2.36. The van der Waals surface area contributed by atoms with Crippen molar-refractivity contribution >= 4 is 17.6 Å². The molecule has 2 nitrogen and oxygen atoms in total. The van der Waals surface area contributed by atoms with E-state index in [1.807, 2.05) is 0 Å². The summed E-state index contributed by atoms with van der Waals surface area (Å²) < 4.78 is 39.2. The number of carbonyl (C=O) groups excluding carboxylic acids is 1. The van der Waals surface area contributed by atoms with Crippen LogP contribution in [0.15, 0.2) is 30.3 Å². The van der Waals surface area contributed by atoms with Gasteiger partial charge in [0.05, 0.1) is 0 Å². The fourth-order valence-corrected chi connectivity index (χ4v) is 1.52. The van der Waals surface area contributed by atoms with Gasteiger partial charge in [0.15, 0.2) is 11.6 Å². The summed E-state index contributed by atoms with van der Waals surface area (Å²) >= 11 is 5.65. The van der Waals surface area contributed by atoms with Gasteiger partial charge in [-0.05, 0) is 12.1 Å². The quantitative estimate of drug-likeness (QED) is 0.778. The molecule has 0 fully saturated rings. The minimum atomic E-state index is -1.93. The number of hydrogen-bond acceptors (Lipinski definition) is 2. The van der Waals surface area contributed by atoms with E-state index in [0.29, 0.717) is 11.1 Å². The van der Waals surface area contributed by atoms with Crippen LogP contribution in [0.3, 0.4) is 0 Å². The van der Waals surface area contributed by atoms with Crippen molar-refractivity contribution in [1.82, 2.24) is 4.98 Å². The van der Waals surface area contributed by atoms with Gasteiger partial charge in [0, 0.05) is 16.7 Å². The lowest BCUT2D eigenvalue weighted by molar-refractivity contribution is 0.0829. The van der Waals surface area contributed by atoms with Gasteiger partial charge in [-0.25, -0.2) is 13.8 Å². The van der Waals surface area contributed by atoms with Gasteiger partial charge in [-0.2, -0.15) is 4.39 Å². The Hall–Kier alpha value is -1.88. The molecule has 0 saturated carbocycles. The molecule has 0 N–H and O–H groups in total. The number of hydrogen-bond donors (Lipinski definition) is 0. The predicted molar refractivity (Wildman–Crippen MR) is 60.0 cm³/mol. The second-order valence-electron chi connectivity index (χ2n) is 3.43. The number of rotatable bonds is 2. The standard InChI is InChI=1S/C12H5ClF3NO/c13-7-3-1-6(2-4-7)11-10(15)8(14)5-9(17-11)12(16)18/h1-5H. The molecule has 0 bridgehead atoms. The monoisotopic (exact) mass is 271 g/mol. The van der Waals surface area contributed by atoms with Crippen molar-refractivity contribution in [3.8, 4) is 11.3 Å². The lowest BCUT2D eigenvalue weighted by atomic mass is 10.1. The number of nitrogens with zero attached hydrogens (tertiary/aromatic N) is 1. The molecular weight excluding hydrogens is 267 g/mol. The average molecular weight is 272 g/mol. The summed E-state index contributed by atoms with van der Waals surface area (Å²) in [6.07, 6.45) is 0. The molecule has 6 heteroatoms. The van der Waals surface area contributed by atoms with Crippen molar-refractivity contribution in [3.05, 3.63) is 52.7 Å². The van der Waals surface area contributed by atoms with Gasteiger partial charge < -0.3 is 0 Å². The Morgan fingerprint density at radius 3 is 2.33 bits per heavy atom. The second kappa shape index (κ2) is 4.78. The Morgan fingerprint density at radius 1 is 1.17 bits per heavy atom. The lowest BCUT2D eigenvalue weighted by Crippen LogP contribution is -2.02. The van der Waals surface area contributed by atoms with Crippen LogP contribution in [0.25, 0.3) is 11.3 Å². The second-order valence-corrected chi connectivity index (χ2v) is 3.87. The summed E-state index contributed by atoms with van der Waals surface area (Å²) in [7, 11) is 0. The summed E-state index contributed by atoms with van der Waals surface area (Å²) in [5.74, 6) is -2.58. The van der Waals surface area contributed by atoms with Crippen LogP contribution in [0.2, 0.25) is 5.02 Å². The van der Waals surface area contributed by atoms with E-state index in [4.69, 9.17) is 11.6 Å². The number of aromatic nitrogens is 1. The number of benzene rings is 1. The van der Waals surface area contributed by atoms with E-state index >= 15 is 0 Å². The molecule has 2 rings (SSSR count). The third-order valence-corrected chi connectivity index (χ3v) is 2.48. The number of pyridine rings is 1. The highest BCUT2D eigenvalue weighted by atomic mass is 35.5. The normalized spacial score (nSPS) is 10.4. The van der Waals surface area contributed by atoms with Crippen LogP contribution < -0.4 is 0 Å². The molecule has 0 radical (unpaired) electrons. The van der Waals surface area contributed by atoms with Crippen molar-refractivity contribution in [2.24, 2.45) is 0 Å². The van der Waals surface area contributed by atoms with Crippen molar-refractivity contribution in [2.45, 2.75) is 0 Å². The van der Waals surface area contributed by atoms with E-state index in [1.54, 1.807) is 0 Å². The number of halogens is 4. The first-order chi connectivity index (χ1) is 8.49. The summed E-state index contributed by atoms with van der Waals surface area (Å²) in [5.41, 5.74) is -1.02. The van der Waals surface area contributed by atoms with Gasteiger partial charge in [-0.1, -0.05) is 23.7 Å². The molecule has 1 aromatic carbocycles. The van der Waals surface area contributed by atoms with Gasteiger partial charge >= 0.3 is 6.04 Å². The Morgan fingerprint density at radius 2 is 1.78 bits per heavy atom. The van der Waals surface area contributed by atoms with E-state index in [2.05, 4.69) is 4.98 Å². The zero-order valence-corrected chi connectivity index (χ0v) is 9.51. The minimum Gasteiger partial charge on any atom is -0.254 e. The highest BCUT2D eigenvalue weighted by Gasteiger charge is 2.17. The first-order valence-corrected chi connectivity index (χ1v) is 5.18. The number of carbonyl (C=O) groups is 1. The maximum absolute atomic E-state index is 13.5. The van der Waals surface area contributed by atoms with E-state index in [1.165, 1.54) is 24.3 Å². The average Bonchev–Trinajstić information content (AvgIpc) is 2.33. The molecule has 1 heterocycles. The van der Waals surface area contributed by atoms with Crippen LogP contribution in [0.1, 0.15) is 10.5 Å². The molecule has 1 aromatic heterocycles. The van der Waals surface area contributed by atoms with Crippen LogP contribution >= 0.6 is 11.6 Å². The largest absolute Gasteiger partial charge is 0.350 e. The van der Waals surface area contributed by atoms with Crippen LogP contribution in [-0.2, 0) is 0 Å². The Balaban J connectivity index is 2.62. The fourth-order valence-electron chi connectivity index (χ4n) is 1.40. The molecule has 0 aliphatic rings. The van der Waals surface area contributed by atoms with E-state index in [0.717, 1.165) is 0 Å². The molecule has 18 heavy (non-hydrogen) atoms. The highest BCUT2D eigenvalue weighted by Crippen LogP contribution is 2.24. The van der Waals surface area contributed by atoms with Gasteiger partial charge in [0.2, 0.25) is 0 Å².